The topological polar surface area (TPSA) is 152 Å². The molecule has 0 radical (unpaired) electrons. The minimum Gasteiger partial charge on any atom is -0.343 e. The van der Waals surface area contributed by atoms with Gasteiger partial charge in [0.2, 0.25) is 5.91 Å². The van der Waals surface area contributed by atoms with Gasteiger partial charge in [-0.2, -0.15) is 10.2 Å². The average Bonchev–Trinajstić information content (AvgIpc) is 3.72. The van der Waals surface area contributed by atoms with Crippen LogP contribution >= 0.6 is 46.4 Å². The number of nitrogens with zero attached hydrogens (tertiary/aromatic N) is 7. The first-order valence-corrected chi connectivity index (χ1v) is 21.0. The van der Waals surface area contributed by atoms with E-state index in [-0.39, 0.29) is 17.7 Å². The summed E-state index contributed by atoms with van der Waals surface area (Å²) in [5.41, 5.74) is 4.79. The molecule has 0 saturated carbocycles. The first-order valence-electron chi connectivity index (χ1n) is 19.5. The molecule has 0 unspecified atom stereocenters. The maximum atomic E-state index is 12.8. The van der Waals surface area contributed by atoms with Crippen LogP contribution in [0.25, 0.3) is 22.1 Å². The lowest BCUT2D eigenvalue weighted by atomic mass is 9.97. The number of piperidine rings is 2. The van der Waals surface area contributed by atoms with Crippen molar-refractivity contribution in [2.75, 3.05) is 36.8 Å². The van der Waals surface area contributed by atoms with E-state index in [0.29, 0.717) is 72.0 Å². The number of amides is 3. The molecule has 3 amide bonds. The number of fused-ring (bicyclic) bond motifs is 2. The molecule has 8 rings (SSSR count). The van der Waals surface area contributed by atoms with Crippen LogP contribution in [0.3, 0.4) is 0 Å². The van der Waals surface area contributed by atoms with Crippen LogP contribution in [0.1, 0.15) is 64.7 Å². The number of rotatable bonds is 8. The van der Waals surface area contributed by atoms with E-state index in [1.165, 1.54) is 12.4 Å². The summed E-state index contributed by atoms with van der Waals surface area (Å²) in [7, 11) is 0. The smallest absolute Gasteiger partial charge is 0.258 e. The van der Waals surface area contributed by atoms with Gasteiger partial charge in [0.25, 0.3) is 11.8 Å². The second kappa shape index (κ2) is 18.6. The number of pyridine rings is 2. The van der Waals surface area contributed by atoms with Gasteiger partial charge in [0.1, 0.15) is 0 Å². The van der Waals surface area contributed by atoms with Crippen molar-refractivity contribution in [1.29, 1.82) is 0 Å². The second-order valence-corrected chi connectivity index (χ2v) is 16.6. The fraction of sp³-hybridized carbons (Fsp3) is 0.357. The third-order valence-electron chi connectivity index (χ3n) is 10.8. The van der Waals surface area contributed by atoms with Crippen molar-refractivity contribution in [2.24, 2.45) is 11.8 Å². The second-order valence-electron chi connectivity index (χ2n) is 15.0. The van der Waals surface area contributed by atoms with Crippen LogP contribution < -0.4 is 16.0 Å². The molecular weight excluding hydrogens is 834 g/mol. The Morgan fingerprint density at radius 2 is 1.07 bits per heavy atom. The molecule has 0 bridgehead atoms. The number of nitrogens with one attached hydrogen (secondary N) is 3. The highest BCUT2D eigenvalue weighted by molar-refractivity contribution is 6.39. The number of hydrogen-bond donors (Lipinski definition) is 3. The number of anilines is 2. The molecule has 2 fully saturated rings. The molecule has 59 heavy (non-hydrogen) atoms. The molecule has 6 heterocycles. The van der Waals surface area contributed by atoms with Gasteiger partial charge in [-0.15, -0.1) is 0 Å². The highest BCUT2D eigenvalue weighted by Crippen LogP contribution is 2.32. The Balaban J connectivity index is 0.000000180. The molecule has 3 N–H and O–H groups in total. The highest BCUT2D eigenvalue weighted by Gasteiger charge is 2.25. The Bertz CT molecular complexity index is 2490. The minimum absolute atomic E-state index is 0.122. The number of benzene rings is 2. The van der Waals surface area contributed by atoms with Crippen LogP contribution in [0, 0.1) is 25.7 Å². The van der Waals surface area contributed by atoms with E-state index in [0.717, 1.165) is 80.8 Å². The van der Waals surface area contributed by atoms with E-state index < -0.39 is 0 Å². The summed E-state index contributed by atoms with van der Waals surface area (Å²) in [6.45, 7) is 10.5. The van der Waals surface area contributed by atoms with E-state index in [4.69, 9.17) is 46.4 Å². The molecule has 6 aromatic rings. The third kappa shape index (κ3) is 9.82. The van der Waals surface area contributed by atoms with Crippen LogP contribution in [-0.4, -0.2) is 78.3 Å². The van der Waals surface area contributed by atoms with Gasteiger partial charge in [0.15, 0.2) is 11.3 Å². The van der Waals surface area contributed by atoms with Crippen molar-refractivity contribution < 1.29 is 14.4 Å². The van der Waals surface area contributed by atoms with Gasteiger partial charge >= 0.3 is 0 Å². The predicted molar refractivity (Wildman–Crippen MR) is 234 cm³/mol. The monoisotopic (exact) mass is 876 g/mol. The Morgan fingerprint density at radius 3 is 1.47 bits per heavy atom. The van der Waals surface area contributed by atoms with E-state index in [1.807, 2.05) is 28.1 Å². The van der Waals surface area contributed by atoms with Gasteiger partial charge in [0, 0.05) is 66.9 Å². The third-order valence-corrected chi connectivity index (χ3v) is 12.1. The van der Waals surface area contributed by atoms with E-state index >= 15 is 0 Å². The summed E-state index contributed by atoms with van der Waals surface area (Å²) in [6, 6.07) is 13.8. The maximum absolute atomic E-state index is 12.8. The van der Waals surface area contributed by atoms with Gasteiger partial charge in [-0.25, -0.2) is 19.3 Å². The largest absolute Gasteiger partial charge is 0.343 e. The summed E-state index contributed by atoms with van der Waals surface area (Å²) >= 11 is 25.0. The fourth-order valence-corrected chi connectivity index (χ4v) is 8.53. The zero-order chi connectivity index (χ0) is 41.8. The van der Waals surface area contributed by atoms with Crippen molar-refractivity contribution in [3.05, 3.63) is 104 Å². The van der Waals surface area contributed by atoms with Crippen molar-refractivity contribution in [3.8, 4) is 0 Å². The lowest BCUT2D eigenvalue weighted by molar-refractivity contribution is -0.130. The highest BCUT2D eigenvalue weighted by atomic mass is 35.5. The molecule has 0 atom stereocenters. The van der Waals surface area contributed by atoms with Gasteiger partial charge in [-0.05, 0) is 113 Å². The molecule has 0 aliphatic carbocycles. The lowest BCUT2D eigenvalue weighted by Crippen LogP contribution is -2.38. The number of likely N-dealkylation sites (tertiary alicyclic amines) is 1. The Hall–Kier alpha value is -4.79. The lowest BCUT2D eigenvalue weighted by Gasteiger charge is -2.31. The van der Waals surface area contributed by atoms with Crippen LogP contribution in [-0.2, 0) is 17.9 Å². The molecule has 2 saturated heterocycles. The van der Waals surface area contributed by atoms with Crippen molar-refractivity contribution in [2.45, 2.75) is 59.5 Å². The number of carbonyl (C=O) groups is 3. The summed E-state index contributed by atoms with van der Waals surface area (Å²) in [5, 5.41) is 21.6. The van der Waals surface area contributed by atoms with Crippen LogP contribution in [0.4, 0.5) is 11.4 Å². The Labute approximate surface area is 361 Å². The fourth-order valence-electron chi connectivity index (χ4n) is 7.57. The van der Waals surface area contributed by atoms with E-state index in [1.54, 1.807) is 55.5 Å². The normalized spacial score (nSPS) is 14.9. The first kappa shape index (κ1) is 42.3. The van der Waals surface area contributed by atoms with Gasteiger partial charge in [0.05, 0.1) is 43.3 Å². The minimum atomic E-state index is -0.342. The summed E-state index contributed by atoms with van der Waals surface area (Å²) in [6.07, 6.45) is 7.11. The zero-order valence-corrected chi connectivity index (χ0v) is 35.9. The van der Waals surface area contributed by atoms with Gasteiger partial charge < -0.3 is 20.9 Å². The molecule has 17 heteroatoms. The SMILES string of the molecule is CC(=O)N1CCC(Cn2nc(C)c3c(Cl)c(C(=O)Nc4ccc(Cl)cc4)cnc32)CC1.Cc1nn(CC2CCNCC2)c2ncc(C(=O)Nc3ccc(Cl)cc3)c(Cl)c12. The first-order chi connectivity index (χ1) is 28.4. The summed E-state index contributed by atoms with van der Waals surface area (Å²) < 4.78 is 3.79. The van der Waals surface area contributed by atoms with Gasteiger partial charge in [-0.3, -0.25) is 14.4 Å². The van der Waals surface area contributed by atoms with Crippen LogP contribution in [0.15, 0.2) is 60.9 Å². The maximum Gasteiger partial charge on any atom is 0.258 e. The Morgan fingerprint density at radius 1 is 0.661 bits per heavy atom. The number of carbonyl (C=O) groups excluding carboxylic acids is 3. The molecule has 2 aromatic carbocycles. The number of aryl methyl sites for hydroxylation is 2. The average molecular weight is 879 g/mol. The van der Waals surface area contributed by atoms with Crippen molar-refractivity contribution in [1.82, 2.24) is 39.7 Å². The molecular formula is C42H44Cl4N10O3. The molecule has 4 aromatic heterocycles. The van der Waals surface area contributed by atoms with Crippen molar-refractivity contribution >= 4 is 97.6 Å². The number of hydrogen-bond acceptors (Lipinski definition) is 8. The standard InChI is InChI=1S/C22H23Cl2N5O2.C20H21Cl2N5O/c1-13-19-20(24)18(22(31)26-17-5-3-16(23)4-6-17)11-25-21(19)29(27-13)12-15-7-9-28(10-8-15)14(2)30;1-12-17-18(22)16(20(28)25-15-4-2-14(21)3-5-15)10-24-19(17)27(26-12)11-13-6-8-23-9-7-13/h3-6,11,15H,7-10,12H2,1-2H3,(H,26,31);2-5,10,13,23H,6-9,11H2,1H3,(H,25,28). The zero-order valence-electron chi connectivity index (χ0n) is 32.9. The van der Waals surface area contributed by atoms with Crippen LogP contribution in [0.5, 0.6) is 0 Å². The molecule has 0 spiro atoms. The van der Waals surface area contributed by atoms with Gasteiger partial charge in [-0.1, -0.05) is 46.4 Å². The van der Waals surface area contributed by atoms with E-state index in [9.17, 15) is 14.4 Å². The summed E-state index contributed by atoms with van der Waals surface area (Å²) in [4.78, 5) is 47.9. The molecule has 2 aliphatic heterocycles. The van der Waals surface area contributed by atoms with Crippen LogP contribution in [0.2, 0.25) is 20.1 Å². The molecule has 308 valence electrons. The van der Waals surface area contributed by atoms with E-state index in [2.05, 4.69) is 36.1 Å². The molecule has 2 aliphatic rings. The Kier molecular flexibility index (Phi) is 13.4. The number of aromatic nitrogens is 6. The quantitative estimate of drug-likeness (QED) is 0.137. The number of halogens is 4. The predicted octanol–water partition coefficient (Wildman–Crippen LogP) is 8.86. The summed E-state index contributed by atoms with van der Waals surface area (Å²) in [5.74, 6) is 0.443. The molecule has 13 nitrogen and oxygen atoms in total. The van der Waals surface area contributed by atoms with Crippen molar-refractivity contribution in [3.63, 3.8) is 0 Å².